The first-order valence-corrected chi connectivity index (χ1v) is 10.9. The van der Waals surface area contributed by atoms with Gasteiger partial charge in [-0.25, -0.2) is 4.79 Å². The number of carbonyl (C=O) groups is 2. The number of amides is 3. The minimum Gasteiger partial charge on any atom is -0.342 e. The zero-order valence-corrected chi connectivity index (χ0v) is 17.9. The van der Waals surface area contributed by atoms with Gasteiger partial charge in [0, 0.05) is 37.9 Å². The van der Waals surface area contributed by atoms with Crippen LogP contribution in [0.5, 0.6) is 0 Å². The lowest BCUT2D eigenvalue weighted by molar-refractivity contribution is -0.137. The summed E-state index contributed by atoms with van der Waals surface area (Å²) in [5.74, 6) is 0.151. The highest BCUT2D eigenvalue weighted by atomic mass is 19.4. The van der Waals surface area contributed by atoms with Crippen LogP contribution in [-0.2, 0) is 11.0 Å². The van der Waals surface area contributed by atoms with Gasteiger partial charge in [0.2, 0.25) is 5.91 Å². The number of nitrogens with one attached hydrogen (secondary N) is 2. The number of rotatable bonds is 5. The Morgan fingerprint density at radius 3 is 2.23 bits per heavy atom. The Balaban J connectivity index is 1.38. The molecule has 1 saturated carbocycles. The third-order valence-corrected chi connectivity index (χ3v) is 6.27. The number of carbonyl (C=O) groups excluding carboxylic acids is 2. The van der Waals surface area contributed by atoms with E-state index in [4.69, 9.17) is 0 Å². The number of likely N-dealkylation sites (tertiary alicyclic amines) is 1. The van der Waals surface area contributed by atoms with E-state index >= 15 is 0 Å². The van der Waals surface area contributed by atoms with Gasteiger partial charge in [0.05, 0.1) is 12.1 Å². The second kappa shape index (κ2) is 10.3. The highest BCUT2D eigenvalue weighted by molar-refractivity contribution is 5.89. The molecular weight excluding hydrogens is 409 g/mol. The summed E-state index contributed by atoms with van der Waals surface area (Å²) >= 11 is 0. The molecule has 2 fully saturated rings. The van der Waals surface area contributed by atoms with Gasteiger partial charge in [0.15, 0.2) is 0 Å². The maximum Gasteiger partial charge on any atom is 0.416 e. The lowest BCUT2D eigenvalue weighted by atomic mass is 9.94. The number of hydrogen-bond acceptors (Lipinski definition) is 3. The molecule has 1 aliphatic carbocycles. The second-order valence-electron chi connectivity index (χ2n) is 8.52. The van der Waals surface area contributed by atoms with Gasteiger partial charge in [-0.05, 0) is 49.9 Å². The number of benzene rings is 1. The SMILES string of the molecule is CN(C(=O)CN1CCC(NC(=O)Nc2ccc(C(F)(F)F)cc2)CC1)C1CCCCC1. The second-order valence-corrected chi connectivity index (χ2v) is 8.52. The number of hydrogen-bond donors (Lipinski definition) is 2. The van der Waals surface area contributed by atoms with E-state index in [-0.39, 0.29) is 11.9 Å². The zero-order valence-electron chi connectivity index (χ0n) is 17.9. The molecule has 0 spiro atoms. The minimum atomic E-state index is -4.40. The van der Waals surface area contributed by atoms with E-state index in [1.165, 1.54) is 31.4 Å². The van der Waals surface area contributed by atoms with Crippen molar-refractivity contribution in [2.75, 3.05) is 32.0 Å². The van der Waals surface area contributed by atoms with Gasteiger partial charge in [-0.15, -0.1) is 0 Å². The summed E-state index contributed by atoms with van der Waals surface area (Å²) in [5.41, 5.74) is -0.450. The normalized spacial score (nSPS) is 19.1. The molecule has 3 rings (SSSR count). The number of nitrogens with zero attached hydrogens (tertiary/aromatic N) is 2. The van der Waals surface area contributed by atoms with Gasteiger partial charge < -0.3 is 15.5 Å². The van der Waals surface area contributed by atoms with Crippen LogP contribution in [0.1, 0.15) is 50.5 Å². The lowest BCUT2D eigenvalue weighted by Crippen LogP contribution is -2.49. The van der Waals surface area contributed by atoms with Crippen molar-refractivity contribution in [1.29, 1.82) is 0 Å². The number of anilines is 1. The van der Waals surface area contributed by atoms with Crippen LogP contribution in [0, 0.1) is 0 Å². The van der Waals surface area contributed by atoms with Crippen molar-refractivity contribution in [3.8, 4) is 0 Å². The van der Waals surface area contributed by atoms with Crippen molar-refractivity contribution in [3.05, 3.63) is 29.8 Å². The predicted octanol–water partition coefficient (Wildman–Crippen LogP) is 4.08. The highest BCUT2D eigenvalue weighted by Crippen LogP contribution is 2.29. The molecule has 0 unspecified atom stereocenters. The summed E-state index contributed by atoms with van der Waals surface area (Å²) in [6.45, 7) is 1.84. The standard InChI is InChI=1S/C22H31F3N4O2/c1-28(19-5-3-2-4-6-19)20(30)15-29-13-11-18(12-14-29)27-21(31)26-17-9-7-16(8-10-17)22(23,24)25/h7-10,18-19H,2-6,11-15H2,1H3,(H2,26,27,31). The lowest BCUT2D eigenvalue weighted by Gasteiger charge is -2.35. The molecular formula is C22H31F3N4O2. The fraction of sp³-hybridized carbons (Fsp3) is 0.636. The summed E-state index contributed by atoms with van der Waals surface area (Å²) < 4.78 is 37.8. The Morgan fingerprint density at radius 1 is 1.03 bits per heavy atom. The fourth-order valence-corrected chi connectivity index (χ4v) is 4.31. The van der Waals surface area contributed by atoms with E-state index in [1.54, 1.807) is 0 Å². The van der Waals surface area contributed by atoms with Gasteiger partial charge in [-0.1, -0.05) is 19.3 Å². The van der Waals surface area contributed by atoms with Crippen molar-refractivity contribution < 1.29 is 22.8 Å². The average molecular weight is 441 g/mol. The average Bonchev–Trinajstić information content (AvgIpc) is 2.75. The van der Waals surface area contributed by atoms with Gasteiger partial charge >= 0.3 is 12.2 Å². The van der Waals surface area contributed by atoms with Crippen molar-refractivity contribution in [2.45, 2.75) is 63.2 Å². The molecule has 2 aliphatic rings. The van der Waals surface area contributed by atoms with E-state index in [9.17, 15) is 22.8 Å². The highest BCUT2D eigenvalue weighted by Gasteiger charge is 2.30. The fourth-order valence-electron chi connectivity index (χ4n) is 4.31. The molecule has 9 heteroatoms. The van der Waals surface area contributed by atoms with Crippen molar-refractivity contribution >= 4 is 17.6 Å². The molecule has 31 heavy (non-hydrogen) atoms. The van der Waals surface area contributed by atoms with Crippen LogP contribution in [0.15, 0.2) is 24.3 Å². The van der Waals surface area contributed by atoms with E-state index < -0.39 is 17.8 Å². The van der Waals surface area contributed by atoms with Crippen molar-refractivity contribution in [2.24, 2.45) is 0 Å². The number of piperidine rings is 1. The van der Waals surface area contributed by atoms with Crippen LogP contribution in [-0.4, -0.2) is 60.5 Å². The number of halogens is 3. The molecule has 1 saturated heterocycles. The van der Waals surface area contributed by atoms with Crippen LogP contribution >= 0.6 is 0 Å². The zero-order chi connectivity index (χ0) is 22.4. The minimum absolute atomic E-state index is 0.0307. The molecule has 1 aromatic rings. The number of alkyl halides is 3. The molecule has 6 nitrogen and oxygen atoms in total. The molecule has 0 radical (unpaired) electrons. The largest absolute Gasteiger partial charge is 0.416 e. The number of likely N-dealkylation sites (N-methyl/N-ethyl adjacent to an activating group) is 1. The first-order chi connectivity index (χ1) is 14.7. The number of urea groups is 1. The first-order valence-electron chi connectivity index (χ1n) is 10.9. The predicted molar refractivity (Wildman–Crippen MR) is 113 cm³/mol. The van der Waals surface area contributed by atoms with E-state index in [1.807, 2.05) is 11.9 Å². The van der Waals surface area contributed by atoms with Gasteiger partial charge in [0.1, 0.15) is 0 Å². The smallest absolute Gasteiger partial charge is 0.342 e. The first kappa shape index (κ1) is 23.4. The summed E-state index contributed by atoms with van der Waals surface area (Å²) in [4.78, 5) is 28.8. The third kappa shape index (κ3) is 6.85. The van der Waals surface area contributed by atoms with E-state index in [0.29, 0.717) is 18.3 Å². The Morgan fingerprint density at radius 2 is 1.65 bits per heavy atom. The summed E-state index contributed by atoms with van der Waals surface area (Å²) in [6, 6.07) is 4.24. The third-order valence-electron chi connectivity index (χ3n) is 6.27. The summed E-state index contributed by atoms with van der Waals surface area (Å²) in [7, 11) is 1.90. The summed E-state index contributed by atoms with van der Waals surface area (Å²) in [5, 5.41) is 5.44. The topological polar surface area (TPSA) is 64.7 Å². The van der Waals surface area contributed by atoms with Crippen molar-refractivity contribution in [1.82, 2.24) is 15.1 Å². The molecule has 0 atom stereocenters. The quantitative estimate of drug-likeness (QED) is 0.725. The Hall–Kier alpha value is -2.29. The van der Waals surface area contributed by atoms with Crippen LogP contribution < -0.4 is 10.6 Å². The Labute approximate surface area is 181 Å². The van der Waals surface area contributed by atoms with Gasteiger partial charge in [0.25, 0.3) is 0 Å². The maximum atomic E-state index is 12.6. The Bertz CT molecular complexity index is 740. The van der Waals surface area contributed by atoms with E-state index in [0.717, 1.165) is 50.9 Å². The molecule has 3 amide bonds. The van der Waals surface area contributed by atoms with Crippen LogP contribution in [0.4, 0.5) is 23.7 Å². The maximum absolute atomic E-state index is 12.6. The van der Waals surface area contributed by atoms with Crippen molar-refractivity contribution in [3.63, 3.8) is 0 Å². The van der Waals surface area contributed by atoms with E-state index in [2.05, 4.69) is 15.5 Å². The van der Waals surface area contributed by atoms with Crippen LogP contribution in [0.3, 0.4) is 0 Å². The van der Waals surface area contributed by atoms with Gasteiger partial charge in [-0.3, -0.25) is 9.69 Å². The van der Waals surface area contributed by atoms with Crippen LogP contribution in [0.25, 0.3) is 0 Å². The summed E-state index contributed by atoms with van der Waals surface area (Å²) in [6.07, 6.45) is 2.85. The molecule has 172 valence electrons. The molecule has 1 aliphatic heterocycles. The van der Waals surface area contributed by atoms with Gasteiger partial charge in [-0.2, -0.15) is 13.2 Å². The molecule has 0 aromatic heterocycles. The van der Waals surface area contributed by atoms with Crippen LogP contribution in [0.2, 0.25) is 0 Å². The molecule has 2 N–H and O–H groups in total. The molecule has 0 bridgehead atoms. The Kier molecular flexibility index (Phi) is 7.80. The molecule has 1 aromatic carbocycles. The monoisotopic (exact) mass is 440 g/mol. The molecule has 1 heterocycles.